The van der Waals surface area contributed by atoms with E-state index in [1.54, 1.807) is 11.9 Å². The summed E-state index contributed by atoms with van der Waals surface area (Å²) in [6.45, 7) is 2.08. The van der Waals surface area contributed by atoms with Crippen LogP contribution in [0.25, 0.3) is 0 Å². The lowest BCUT2D eigenvalue weighted by Crippen LogP contribution is -2.28. The van der Waals surface area contributed by atoms with Crippen LogP contribution in [0.2, 0.25) is 0 Å². The lowest BCUT2D eigenvalue weighted by Gasteiger charge is -2.21. The second kappa shape index (κ2) is 5.73. The van der Waals surface area contributed by atoms with E-state index in [2.05, 4.69) is 0 Å². The molecule has 0 aromatic heterocycles. The number of nitrogens with zero attached hydrogens (tertiary/aromatic N) is 1. The molecule has 0 fully saturated rings. The number of carbonyl (C=O) groups is 1. The number of benzene rings is 1. The molecule has 98 valence electrons. The minimum Gasteiger partial charge on any atom is -0.486 e. The lowest BCUT2D eigenvalue weighted by atomic mass is 10.2. The molecule has 0 aliphatic carbocycles. The molecule has 1 heterocycles. The first-order chi connectivity index (χ1) is 8.70. The van der Waals surface area contributed by atoms with Crippen LogP contribution in [-0.4, -0.2) is 37.6 Å². The van der Waals surface area contributed by atoms with Crippen molar-refractivity contribution < 1.29 is 14.3 Å². The molecule has 5 nitrogen and oxygen atoms in total. The molecule has 0 radical (unpaired) electrons. The summed E-state index contributed by atoms with van der Waals surface area (Å²) in [5.74, 6) is 1.56. The van der Waals surface area contributed by atoms with E-state index in [1.807, 2.05) is 18.2 Å². The summed E-state index contributed by atoms with van der Waals surface area (Å²) in [5, 5.41) is 0. The number of nitrogens with two attached hydrogens (primary N) is 1. The van der Waals surface area contributed by atoms with Gasteiger partial charge in [-0.25, -0.2) is 0 Å². The van der Waals surface area contributed by atoms with Crippen molar-refractivity contribution in [3.63, 3.8) is 0 Å². The highest BCUT2D eigenvalue weighted by Crippen LogP contribution is 2.30. The first-order valence-corrected chi connectivity index (χ1v) is 6.03. The summed E-state index contributed by atoms with van der Waals surface area (Å²) < 4.78 is 11.0. The van der Waals surface area contributed by atoms with Gasteiger partial charge in [0.2, 0.25) is 5.91 Å². The molecule has 0 unspecified atom stereocenters. The fourth-order valence-corrected chi connectivity index (χ4v) is 1.86. The van der Waals surface area contributed by atoms with Crippen molar-refractivity contribution in [1.29, 1.82) is 0 Å². The number of carbonyl (C=O) groups excluding carboxylic acids is 1. The molecule has 2 N–H and O–H groups in total. The minimum atomic E-state index is 0.0485. The summed E-state index contributed by atoms with van der Waals surface area (Å²) in [4.78, 5) is 13.3. The van der Waals surface area contributed by atoms with E-state index in [4.69, 9.17) is 15.2 Å². The van der Waals surface area contributed by atoms with Crippen LogP contribution < -0.4 is 15.2 Å². The van der Waals surface area contributed by atoms with Gasteiger partial charge in [0.25, 0.3) is 0 Å². The molecule has 1 aliphatic heterocycles. The molecule has 0 saturated carbocycles. The van der Waals surface area contributed by atoms with Crippen molar-refractivity contribution in [1.82, 2.24) is 4.90 Å². The smallest absolute Gasteiger partial charge is 0.223 e. The van der Waals surface area contributed by atoms with Crippen molar-refractivity contribution in [2.24, 2.45) is 5.73 Å². The Morgan fingerprint density at radius 2 is 2.06 bits per heavy atom. The third-order valence-electron chi connectivity index (χ3n) is 2.81. The third-order valence-corrected chi connectivity index (χ3v) is 2.81. The number of hydrogen-bond acceptors (Lipinski definition) is 4. The Hall–Kier alpha value is -1.75. The van der Waals surface area contributed by atoms with Crippen LogP contribution in [0.1, 0.15) is 12.0 Å². The van der Waals surface area contributed by atoms with E-state index < -0.39 is 0 Å². The SMILES string of the molecule is CN(Cc1ccc2c(c1)OCCO2)C(=O)CCN. The van der Waals surface area contributed by atoms with Gasteiger partial charge in [-0.3, -0.25) is 4.79 Å². The van der Waals surface area contributed by atoms with Crippen LogP contribution in [0.3, 0.4) is 0 Å². The predicted octanol–water partition coefficient (Wildman–Crippen LogP) is 0.765. The molecule has 1 aromatic carbocycles. The molecule has 18 heavy (non-hydrogen) atoms. The molecule has 1 amide bonds. The second-order valence-corrected chi connectivity index (χ2v) is 4.27. The lowest BCUT2D eigenvalue weighted by molar-refractivity contribution is -0.130. The average Bonchev–Trinajstić information content (AvgIpc) is 2.39. The van der Waals surface area contributed by atoms with Gasteiger partial charge in [0, 0.05) is 26.6 Å². The Morgan fingerprint density at radius 3 is 2.78 bits per heavy atom. The molecule has 0 atom stereocenters. The predicted molar refractivity (Wildman–Crippen MR) is 67.6 cm³/mol. The molecule has 0 spiro atoms. The topological polar surface area (TPSA) is 64.8 Å². The van der Waals surface area contributed by atoms with Crippen LogP contribution in [0, 0.1) is 0 Å². The zero-order valence-electron chi connectivity index (χ0n) is 10.5. The Morgan fingerprint density at radius 1 is 1.33 bits per heavy atom. The third kappa shape index (κ3) is 2.92. The highest BCUT2D eigenvalue weighted by atomic mass is 16.6. The molecular formula is C13H18N2O3. The monoisotopic (exact) mass is 250 g/mol. The largest absolute Gasteiger partial charge is 0.486 e. The summed E-state index contributed by atoms with van der Waals surface area (Å²) in [7, 11) is 1.77. The van der Waals surface area contributed by atoms with E-state index in [0.717, 1.165) is 17.1 Å². The molecule has 2 rings (SSSR count). The Kier molecular flexibility index (Phi) is 4.04. The fourth-order valence-electron chi connectivity index (χ4n) is 1.86. The van der Waals surface area contributed by atoms with E-state index in [1.165, 1.54) is 0 Å². The van der Waals surface area contributed by atoms with Crippen molar-refractivity contribution in [3.8, 4) is 11.5 Å². The zero-order chi connectivity index (χ0) is 13.0. The van der Waals surface area contributed by atoms with Crippen LogP contribution in [-0.2, 0) is 11.3 Å². The van der Waals surface area contributed by atoms with Crippen molar-refractivity contribution in [3.05, 3.63) is 23.8 Å². The summed E-state index contributed by atoms with van der Waals surface area (Å²) in [5.41, 5.74) is 6.39. The highest BCUT2D eigenvalue weighted by molar-refractivity contribution is 5.76. The van der Waals surface area contributed by atoms with Crippen molar-refractivity contribution in [2.45, 2.75) is 13.0 Å². The van der Waals surface area contributed by atoms with Gasteiger partial charge >= 0.3 is 0 Å². The number of ether oxygens (including phenoxy) is 2. The standard InChI is InChI=1S/C13H18N2O3/c1-15(13(16)4-5-14)9-10-2-3-11-12(8-10)18-7-6-17-11/h2-3,8H,4-7,9,14H2,1H3. The van der Waals surface area contributed by atoms with Gasteiger partial charge < -0.3 is 20.1 Å². The first-order valence-electron chi connectivity index (χ1n) is 6.03. The van der Waals surface area contributed by atoms with Crippen LogP contribution in [0.5, 0.6) is 11.5 Å². The normalized spacial score (nSPS) is 13.2. The quantitative estimate of drug-likeness (QED) is 0.857. The van der Waals surface area contributed by atoms with Crippen molar-refractivity contribution >= 4 is 5.91 Å². The van der Waals surface area contributed by atoms with E-state index in [-0.39, 0.29) is 5.91 Å². The molecular weight excluding hydrogens is 232 g/mol. The Balaban J connectivity index is 2.03. The highest BCUT2D eigenvalue weighted by Gasteiger charge is 2.13. The second-order valence-electron chi connectivity index (χ2n) is 4.27. The van der Waals surface area contributed by atoms with Gasteiger partial charge in [-0.2, -0.15) is 0 Å². The first kappa shape index (κ1) is 12.7. The van der Waals surface area contributed by atoms with Crippen LogP contribution >= 0.6 is 0 Å². The molecule has 0 bridgehead atoms. The van der Waals surface area contributed by atoms with Gasteiger partial charge in [0.05, 0.1) is 0 Å². The summed E-state index contributed by atoms with van der Waals surface area (Å²) in [6, 6.07) is 5.74. The fraction of sp³-hybridized carbons (Fsp3) is 0.462. The van der Waals surface area contributed by atoms with Gasteiger partial charge in [0.15, 0.2) is 11.5 Å². The molecule has 1 aromatic rings. The number of hydrogen-bond donors (Lipinski definition) is 1. The van der Waals surface area contributed by atoms with E-state index in [0.29, 0.717) is 32.7 Å². The zero-order valence-corrected chi connectivity index (χ0v) is 10.5. The summed E-state index contributed by atoms with van der Waals surface area (Å²) >= 11 is 0. The van der Waals surface area contributed by atoms with Gasteiger partial charge in [-0.1, -0.05) is 6.07 Å². The molecule has 0 saturated heterocycles. The Labute approximate surface area is 106 Å². The van der Waals surface area contributed by atoms with Gasteiger partial charge in [-0.15, -0.1) is 0 Å². The number of fused-ring (bicyclic) bond motifs is 1. The maximum atomic E-state index is 11.6. The maximum Gasteiger partial charge on any atom is 0.223 e. The van der Waals surface area contributed by atoms with E-state index in [9.17, 15) is 4.79 Å². The van der Waals surface area contributed by atoms with E-state index >= 15 is 0 Å². The number of amides is 1. The van der Waals surface area contributed by atoms with Crippen LogP contribution in [0.15, 0.2) is 18.2 Å². The van der Waals surface area contributed by atoms with Gasteiger partial charge in [-0.05, 0) is 17.7 Å². The molecule has 5 heteroatoms. The number of rotatable bonds is 4. The van der Waals surface area contributed by atoms with Gasteiger partial charge in [0.1, 0.15) is 13.2 Å². The Bertz CT molecular complexity index is 434. The minimum absolute atomic E-state index is 0.0485. The van der Waals surface area contributed by atoms with Crippen LogP contribution in [0.4, 0.5) is 0 Å². The molecule has 1 aliphatic rings. The maximum absolute atomic E-state index is 11.6. The van der Waals surface area contributed by atoms with Crippen molar-refractivity contribution in [2.75, 3.05) is 26.8 Å². The average molecular weight is 250 g/mol. The summed E-state index contributed by atoms with van der Waals surface area (Å²) in [6.07, 6.45) is 0.376.